The summed E-state index contributed by atoms with van der Waals surface area (Å²) in [5.74, 6) is 0.352. The number of halogens is 1. The van der Waals surface area contributed by atoms with Crippen molar-refractivity contribution in [2.24, 2.45) is 5.92 Å². The summed E-state index contributed by atoms with van der Waals surface area (Å²) in [6.07, 6.45) is 4.76. The van der Waals surface area contributed by atoms with Crippen LogP contribution in [-0.2, 0) is 16.0 Å². The van der Waals surface area contributed by atoms with Gasteiger partial charge in [-0.3, -0.25) is 9.59 Å². The molecule has 0 aliphatic carbocycles. The van der Waals surface area contributed by atoms with Gasteiger partial charge in [-0.25, -0.2) is 4.98 Å². The van der Waals surface area contributed by atoms with Gasteiger partial charge in [0.1, 0.15) is 11.4 Å². The van der Waals surface area contributed by atoms with E-state index in [1.807, 2.05) is 17.9 Å². The van der Waals surface area contributed by atoms with E-state index < -0.39 is 0 Å². The number of hydrogen-bond acceptors (Lipinski definition) is 4. The van der Waals surface area contributed by atoms with E-state index in [9.17, 15) is 9.59 Å². The molecule has 1 fully saturated rings. The Balaban J connectivity index is 1.34. The highest BCUT2D eigenvalue weighted by Gasteiger charge is 2.28. The van der Waals surface area contributed by atoms with Gasteiger partial charge in [-0.1, -0.05) is 11.6 Å². The summed E-state index contributed by atoms with van der Waals surface area (Å²) < 4.78 is 5.65. The second kappa shape index (κ2) is 8.48. The highest BCUT2D eigenvalue weighted by molar-refractivity contribution is 6.30. The molecule has 0 radical (unpaired) electrons. The third kappa shape index (κ3) is 4.33. The maximum atomic E-state index is 12.8. The zero-order chi connectivity index (χ0) is 21.3. The molecule has 1 aliphatic heterocycles. The fraction of sp³-hybridized carbons (Fsp3) is 0.348. The number of hydrogen-bond donors (Lipinski definition) is 1. The summed E-state index contributed by atoms with van der Waals surface area (Å²) in [4.78, 5) is 31.2. The van der Waals surface area contributed by atoms with E-state index in [0.717, 1.165) is 16.5 Å². The van der Waals surface area contributed by atoms with Crippen LogP contribution in [0.5, 0.6) is 0 Å². The number of carbonyl (C=O) groups is 2. The second-order valence-corrected chi connectivity index (χ2v) is 8.31. The molecule has 0 atom stereocenters. The molecule has 7 heteroatoms. The van der Waals surface area contributed by atoms with Gasteiger partial charge in [-0.05, 0) is 62.1 Å². The molecule has 4 rings (SSSR count). The zero-order valence-electron chi connectivity index (χ0n) is 17.1. The predicted molar refractivity (Wildman–Crippen MR) is 117 cm³/mol. The number of piperidine rings is 1. The molecule has 1 aromatic carbocycles. The number of likely N-dealkylation sites (tertiary alicyclic amines) is 1. The van der Waals surface area contributed by atoms with Crippen LogP contribution < -0.4 is 5.32 Å². The molecule has 0 bridgehead atoms. The summed E-state index contributed by atoms with van der Waals surface area (Å²) in [7, 11) is 0. The quantitative estimate of drug-likeness (QED) is 0.666. The Morgan fingerprint density at radius 1 is 1.20 bits per heavy atom. The molecule has 0 unspecified atom stereocenters. The topological polar surface area (TPSA) is 75.4 Å². The molecule has 156 valence electrons. The van der Waals surface area contributed by atoms with Gasteiger partial charge < -0.3 is 14.6 Å². The van der Waals surface area contributed by atoms with Gasteiger partial charge in [0.15, 0.2) is 0 Å². The van der Waals surface area contributed by atoms with Gasteiger partial charge in [-0.2, -0.15) is 0 Å². The van der Waals surface area contributed by atoms with Crippen molar-refractivity contribution in [3.05, 3.63) is 58.4 Å². The van der Waals surface area contributed by atoms with Crippen LogP contribution in [0.3, 0.4) is 0 Å². The largest absolute Gasteiger partial charge is 0.464 e. The number of carbonyl (C=O) groups excluding carboxylic acids is 2. The summed E-state index contributed by atoms with van der Waals surface area (Å²) in [6.45, 7) is 5.24. The molecule has 1 saturated heterocycles. The second-order valence-electron chi connectivity index (χ2n) is 7.88. The molecule has 1 N–H and O–H groups in total. The average molecular weight is 426 g/mol. The van der Waals surface area contributed by atoms with Crippen LogP contribution >= 0.6 is 11.6 Å². The van der Waals surface area contributed by atoms with Crippen LogP contribution in [0.2, 0.25) is 5.02 Å². The van der Waals surface area contributed by atoms with Crippen molar-refractivity contribution in [1.29, 1.82) is 0 Å². The smallest absolute Gasteiger partial charge is 0.228 e. The first-order chi connectivity index (χ1) is 14.4. The Labute approximate surface area is 180 Å². The van der Waals surface area contributed by atoms with E-state index in [4.69, 9.17) is 16.0 Å². The Morgan fingerprint density at radius 2 is 1.93 bits per heavy atom. The maximum Gasteiger partial charge on any atom is 0.228 e. The van der Waals surface area contributed by atoms with Gasteiger partial charge >= 0.3 is 0 Å². The molecule has 2 amide bonds. The maximum absolute atomic E-state index is 12.8. The number of aryl methyl sites for hydroxylation is 2. The number of rotatable bonds is 4. The number of nitrogens with zero attached hydrogens (tertiary/aromatic N) is 2. The van der Waals surface area contributed by atoms with Crippen LogP contribution in [0.15, 0.2) is 41.1 Å². The lowest BCUT2D eigenvalue weighted by Crippen LogP contribution is -2.42. The molecule has 0 saturated carbocycles. The van der Waals surface area contributed by atoms with Crippen LogP contribution in [0.4, 0.5) is 5.82 Å². The number of fused-ring (bicyclic) bond motifs is 1. The third-order valence-electron chi connectivity index (χ3n) is 5.81. The highest BCUT2D eigenvalue weighted by atomic mass is 35.5. The standard InChI is InChI=1S/C23H24ClN3O3/c1-14-9-19-17(13-30-20(19)10-15(14)2)11-22(28)27-7-5-16(6-8-27)23(29)26-21-4-3-18(24)12-25-21/h3-4,9-10,12-13,16H,5-8,11H2,1-2H3,(H,25,26,29). The van der Waals surface area contributed by atoms with Crippen molar-refractivity contribution in [3.8, 4) is 0 Å². The Kier molecular flexibility index (Phi) is 5.77. The van der Waals surface area contributed by atoms with Gasteiger partial charge in [0.2, 0.25) is 11.8 Å². The van der Waals surface area contributed by atoms with E-state index in [1.54, 1.807) is 18.4 Å². The lowest BCUT2D eigenvalue weighted by molar-refractivity contribution is -0.133. The van der Waals surface area contributed by atoms with Gasteiger partial charge in [-0.15, -0.1) is 0 Å². The van der Waals surface area contributed by atoms with Gasteiger partial charge in [0, 0.05) is 36.2 Å². The fourth-order valence-electron chi connectivity index (χ4n) is 3.82. The van der Waals surface area contributed by atoms with E-state index in [-0.39, 0.29) is 17.7 Å². The van der Waals surface area contributed by atoms with Gasteiger partial charge in [0.25, 0.3) is 0 Å². The Bertz CT molecular complexity index is 1080. The summed E-state index contributed by atoms with van der Waals surface area (Å²) in [6, 6.07) is 7.46. The predicted octanol–water partition coefficient (Wildman–Crippen LogP) is 4.52. The highest BCUT2D eigenvalue weighted by Crippen LogP contribution is 2.26. The summed E-state index contributed by atoms with van der Waals surface area (Å²) in [5, 5.41) is 4.34. The lowest BCUT2D eigenvalue weighted by atomic mass is 9.95. The Morgan fingerprint density at radius 3 is 2.63 bits per heavy atom. The average Bonchev–Trinajstić information content (AvgIpc) is 3.11. The number of aromatic nitrogens is 1. The summed E-state index contributed by atoms with van der Waals surface area (Å²) in [5.41, 5.74) is 4.07. The lowest BCUT2D eigenvalue weighted by Gasteiger charge is -2.31. The first-order valence-electron chi connectivity index (χ1n) is 10.1. The normalized spacial score (nSPS) is 14.8. The molecule has 3 aromatic rings. The fourth-order valence-corrected chi connectivity index (χ4v) is 3.93. The molecule has 6 nitrogen and oxygen atoms in total. The molecular formula is C23H24ClN3O3. The first-order valence-corrected chi connectivity index (χ1v) is 10.5. The van der Waals surface area contributed by atoms with Crippen molar-refractivity contribution in [3.63, 3.8) is 0 Å². The number of benzene rings is 1. The minimum absolute atomic E-state index is 0.0640. The number of nitrogens with one attached hydrogen (secondary N) is 1. The number of anilines is 1. The molecular weight excluding hydrogens is 402 g/mol. The SMILES string of the molecule is Cc1cc2occ(CC(=O)N3CCC(C(=O)Nc4ccc(Cl)cn4)CC3)c2cc1C. The zero-order valence-corrected chi connectivity index (χ0v) is 17.8. The van der Waals surface area contributed by atoms with Gasteiger partial charge in [0.05, 0.1) is 17.7 Å². The monoisotopic (exact) mass is 425 g/mol. The van der Waals surface area contributed by atoms with Crippen LogP contribution in [0.1, 0.15) is 29.5 Å². The van der Waals surface area contributed by atoms with Crippen LogP contribution in [-0.4, -0.2) is 34.8 Å². The van der Waals surface area contributed by atoms with E-state index in [0.29, 0.717) is 43.2 Å². The minimum Gasteiger partial charge on any atom is -0.464 e. The molecule has 0 spiro atoms. The van der Waals surface area contributed by atoms with E-state index in [1.165, 1.54) is 17.3 Å². The first kappa shape index (κ1) is 20.4. The van der Waals surface area contributed by atoms with Crippen molar-refractivity contribution in [2.45, 2.75) is 33.1 Å². The van der Waals surface area contributed by atoms with E-state index >= 15 is 0 Å². The molecule has 3 heterocycles. The van der Waals surface area contributed by atoms with Crippen LogP contribution in [0.25, 0.3) is 11.0 Å². The number of amides is 2. The Hall–Kier alpha value is -2.86. The number of furan rings is 1. The van der Waals surface area contributed by atoms with Crippen molar-refractivity contribution >= 4 is 40.2 Å². The van der Waals surface area contributed by atoms with Crippen molar-refractivity contribution < 1.29 is 14.0 Å². The molecule has 1 aliphatic rings. The van der Waals surface area contributed by atoms with Crippen molar-refractivity contribution in [1.82, 2.24) is 9.88 Å². The van der Waals surface area contributed by atoms with Crippen molar-refractivity contribution in [2.75, 3.05) is 18.4 Å². The number of pyridine rings is 1. The molecule has 2 aromatic heterocycles. The third-order valence-corrected chi connectivity index (χ3v) is 6.03. The minimum atomic E-state index is -0.132. The molecule has 30 heavy (non-hydrogen) atoms. The summed E-state index contributed by atoms with van der Waals surface area (Å²) >= 11 is 5.82. The van der Waals surface area contributed by atoms with Crippen LogP contribution in [0, 0.1) is 19.8 Å². The van der Waals surface area contributed by atoms with E-state index in [2.05, 4.69) is 23.3 Å².